The monoisotopic (exact) mass is 422 g/mol. The van der Waals surface area contributed by atoms with E-state index in [0.717, 1.165) is 35.5 Å². The van der Waals surface area contributed by atoms with E-state index >= 15 is 0 Å². The molecule has 0 saturated carbocycles. The van der Waals surface area contributed by atoms with Crippen LogP contribution in [0.2, 0.25) is 0 Å². The summed E-state index contributed by atoms with van der Waals surface area (Å²) in [6.45, 7) is 3.03. The van der Waals surface area contributed by atoms with Crippen LogP contribution in [0.3, 0.4) is 0 Å². The quantitative estimate of drug-likeness (QED) is 0.612. The Morgan fingerprint density at radius 1 is 0.767 bits per heavy atom. The predicted molar refractivity (Wildman–Crippen MR) is 118 cm³/mol. The molecule has 0 atom stereocenters. The zero-order valence-corrected chi connectivity index (χ0v) is 17.8. The van der Waals surface area contributed by atoms with Crippen molar-refractivity contribution in [1.82, 2.24) is 4.31 Å². The van der Waals surface area contributed by atoms with Gasteiger partial charge in [0, 0.05) is 25.3 Å². The van der Waals surface area contributed by atoms with E-state index in [-0.39, 0.29) is 0 Å². The lowest BCUT2D eigenvalue weighted by Gasteiger charge is -2.28. The number of rotatable bonds is 4. The van der Waals surface area contributed by atoms with E-state index in [1.54, 1.807) is 18.4 Å². The van der Waals surface area contributed by atoms with Gasteiger partial charge in [0.2, 0.25) is 10.0 Å². The summed E-state index contributed by atoms with van der Waals surface area (Å²) < 4.78 is 33.1. The Labute approximate surface area is 178 Å². The highest BCUT2D eigenvalue weighted by Crippen LogP contribution is 2.29. The SMILES string of the molecule is O=S(=O)(c1ccc(-c2ccc(N3CCCCC3)cc2)cc1)N1CCc2ccoc2C1. The van der Waals surface area contributed by atoms with E-state index in [1.165, 1.54) is 29.3 Å². The summed E-state index contributed by atoms with van der Waals surface area (Å²) in [5.41, 5.74) is 4.48. The molecule has 0 aliphatic carbocycles. The Balaban J connectivity index is 1.33. The van der Waals surface area contributed by atoms with Crippen LogP contribution in [0, 0.1) is 0 Å². The largest absolute Gasteiger partial charge is 0.468 e. The minimum atomic E-state index is -3.54. The van der Waals surface area contributed by atoms with Crippen LogP contribution >= 0.6 is 0 Å². The van der Waals surface area contributed by atoms with Crippen LogP contribution in [0.1, 0.15) is 30.6 Å². The van der Waals surface area contributed by atoms with E-state index in [0.29, 0.717) is 24.4 Å². The van der Waals surface area contributed by atoms with Gasteiger partial charge >= 0.3 is 0 Å². The molecule has 0 N–H and O–H groups in total. The summed E-state index contributed by atoms with van der Waals surface area (Å²) in [5.74, 6) is 0.746. The van der Waals surface area contributed by atoms with Gasteiger partial charge in [-0.25, -0.2) is 8.42 Å². The summed E-state index contributed by atoms with van der Waals surface area (Å²) in [4.78, 5) is 2.76. The van der Waals surface area contributed by atoms with Crippen molar-refractivity contribution < 1.29 is 12.8 Å². The fraction of sp³-hybridized carbons (Fsp3) is 0.333. The molecule has 0 amide bonds. The molecule has 3 aromatic rings. The first-order chi connectivity index (χ1) is 14.6. The number of piperidine rings is 1. The highest BCUT2D eigenvalue weighted by molar-refractivity contribution is 7.89. The molecule has 156 valence electrons. The number of hydrogen-bond acceptors (Lipinski definition) is 4. The molecule has 30 heavy (non-hydrogen) atoms. The number of furan rings is 1. The minimum Gasteiger partial charge on any atom is -0.468 e. The second kappa shape index (κ2) is 7.93. The lowest BCUT2D eigenvalue weighted by molar-refractivity contribution is 0.343. The van der Waals surface area contributed by atoms with Gasteiger partial charge in [-0.1, -0.05) is 24.3 Å². The molecular formula is C24H26N2O3S. The number of anilines is 1. The van der Waals surface area contributed by atoms with Gasteiger partial charge in [-0.2, -0.15) is 4.31 Å². The lowest BCUT2D eigenvalue weighted by atomic mass is 10.0. The van der Waals surface area contributed by atoms with Crippen molar-refractivity contribution in [3.8, 4) is 11.1 Å². The van der Waals surface area contributed by atoms with Gasteiger partial charge in [0.15, 0.2) is 0 Å². The van der Waals surface area contributed by atoms with Crippen molar-refractivity contribution in [2.75, 3.05) is 24.5 Å². The van der Waals surface area contributed by atoms with Crippen LogP contribution in [0.5, 0.6) is 0 Å². The standard InChI is InChI=1S/C24H26N2O3S/c27-30(28,26-16-12-21-13-17-29-24(21)18-26)23-10-6-20(7-11-23)19-4-8-22(9-5-19)25-14-2-1-3-15-25/h4-11,13,17H,1-3,12,14-16,18H2. The van der Waals surface area contributed by atoms with Crippen LogP contribution in [0.4, 0.5) is 5.69 Å². The lowest BCUT2D eigenvalue weighted by Crippen LogP contribution is -2.35. The molecule has 5 rings (SSSR count). The Bertz CT molecular complexity index is 1110. The predicted octanol–water partition coefficient (Wildman–Crippen LogP) is 4.68. The van der Waals surface area contributed by atoms with Crippen LogP contribution in [0.25, 0.3) is 11.1 Å². The molecule has 0 bridgehead atoms. The Hall–Kier alpha value is -2.57. The van der Waals surface area contributed by atoms with E-state index in [9.17, 15) is 8.42 Å². The third kappa shape index (κ3) is 3.66. The van der Waals surface area contributed by atoms with Crippen molar-refractivity contribution in [2.24, 2.45) is 0 Å². The second-order valence-corrected chi connectivity index (χ2v) is 10.0. The summed E-state index contributed by atoms with van der Waals surface area (Å²) in [6.07, 6.45) is 6.16. The Morgan fingerprint density at radius 2 is 1.43 bits per heavy atom. The highest BCUT2D eigenvalue weighted by Gasteiger charge is 2.29. The molecule has 1 fully saturated rings. The second-order valence-electron chi connectivity index (χ2n) is 8.08. The summed E-state index contributed by atoms with van der Waals surface area (Å²) in [6, 6.07) is 17.7. The molecule has 1 aromatic heterocycles. The van der Waals surface area contributed by atoms with E-state index in [4.69, 9.17) is 4.42 Å². The van der Waals surface area contributed by atoms with Gasteiger partial charge in [0.05, 0.1) is 17.7 Å². The molecule has 0 unspecified atom stereocenters. The Morgan fingerprint density at radius 3 is 2.13 bits per heavy atom. The summed E-state index contributed by atoms with van der Waals surface area (Å²) >= 11 is 0. The van der Waals surface area contributed by atoms with Crippen molar-refractivity contribution >= 4 is 15.7 Å². The summed E-state index contributed by atoms with van der Waals surface area (Å²) in [7, 11) is -3.54. The normalized spacial score (nSPS) is 17.7. The topological polar surface area (TPSA) is 53.8 Å². The van der Waals surface area contributed by atoms with Gasteiger partial charge in [0.25, 0.3) is 0 Å². The van der Waals surface area contributed by atoms with E-state index in [2.05, 4.69) is 29.2 Å². The van der Waals surface area contributed by atoms with Gasteiger partial charge in [0.1, 0.15) is 5.76 Å². The maximum absolute atomic E-state index is 13.1. The van der Waals surface area contributed by atoms with Crippen molar-refractivity contribution in [3.63, 3.8) is 0 Å². The van der Waals surface area contributed by atoms with Crippen LogP contribution in [0.15, 0.2) is 70.2 Å². The van der Waals surface area contributed by atoms with Gasteiger partial charge in [-0.05, 0) is 72.7 Å². The molecule has 3 heterocycles. The van der Waals surface area contributed by atoms with Gasteiger partial charge < -0.3 is 9.32 Å². The molecule has 5 nitrogen and oxygen atoms in total. The molecule has 2 aromatic carbocycles. The molecule has 2 aliphatic rings. The fourth-order valence-corrected chi connectivity index (χ4v) is 5.80. The molecular weight excluding hydrogens is 396 g/mol. The first-order valence-electron chi connectivity index (χ1n) is 10.6. The smallest absolute Gasteiger partial charge is 0.243 e. The first-order valence-corrected chi connectivity index (χ1v) is 12.1. The van der Waals surface area contributed by atoms with Crippen LogP contribution < -0.4 is 4.90 Å². The average molecular weight is 423 g/mol. The van der Waals surface area contributed by atoms with Crippen molar-refractivity contribution in [3.05, 3.63) is 72.2 Å². The number of fused-ring (bicyclic) bond motifs is 1. The van der Waals surface area contributed by atoms with Crippen molar-refractivity contribution in [1.29, 1.82) is 0 Å². The van der Waals surface area contributed by atoms with Crippen LogP contribution in [-0.4, -0.2) is 32.4 Å². The minimum absolute atomic E-state index is 0.296. The zero-order chi connectivity index (χ0) is 20.6. The van der Waals surface area contributed by atoms with Gasteiger partial charge in [-0.3, -0.25) is 0 Å². The van der Waals surface area contributed by atoms with Crippen molar-refractivity contribution in [2.45, 2.75) is 37.1 Å². The number of benzene rings is 2. The zero-order valence-electron chi connectivity index (χ0n) is 17.0. The molecule has 2 aliphatic heterocycles. The highest BCUT2D eigenvalue weighted by atomic mass is 32.2. The third-order valence-corrected chi connectivity index (χ3v) is 8.06. The van der Waals surface area contributed by atoms with E-state index < -0.39 is 10.0 Å². The number of hydrogen-bond donors (Lipinski definition) is 0. The fourth-order valence-electron chi connectivity index (χ4n) is 4.40. The number of sulfonamides is 1. The number of nitrogens with zero attached hydrogens (tertiary/aromatic N) is 2. The maximum Gasteiger partial charge on any atom is 0.243 e. The average Bonchev–Trinajstić information content (AvgIpc) is 3.28. The van der Waals surface area contributed by atoms with Crippen LogP contribution in [-0.2, 0) is 23.0 Å². The first kappa shape index (κ1) is 19.4. The molecule has 0 spiro atoms. The molecule has 0 radical (unpaired) electrons. The van der Waals surface area contributed by atoms with Gasteiger partial charge in [-0.15, -0.1) is 0 Å². The third-order valence-electron chi connectivity index (χ3n) is 6.20. The molecule has 6 heteroatoms. The maximum atomic E-state index is 13.1. The Kier molecular flexibility index (Phi) is 5.13. The van der Waals surface area contributed by atoms with E-state index in [1.807, 2.05) is 18.2 Å². The summed E-state index contributed by atoms with van der Waals surface area (Å²) in [5, 5.41) is 0. The molecule has 1 saturated heterocycles.